The maximum Gasteiger partial charge on any atom is 0.246 e. The van der Waals surface area contributed by atoms with E-state index in [1.807, 2.05) is 61.5 Å². The lowest BCUT2D eigenvalue weighted by molar-refractivity contribution is -0.157. The summed E-state index contributed by atoms with van der Waals surface area (Å²) in [6.45, 7) is 35.3. The molecule has 0 aliphatic carbocycles. The van der Waals surface area contributed by atoms with Gasteiger partial charge in [0.2, 0.25) is 65.0 Å². The van der Waals surface area contributed by atoms with E-state index in [0.717, 1.165) is 44.2 Å². The highest BCUT2D eigenvalue weighted by Gasteiger charge is 2.46. The SMILES string of the molecule is C/C=C/C[C@@H](C)[C@@H](O)[C@H]1C(=O)N[C@@H](CC)C(=O)N(C)[C@H](C)C(=O)N(C)[C@@H]([C@H](C)CCCN2CCN(CCOC)CC2)C(=O)N[C@@H](C(C)C)C(=O)N(C)[C@@H](CC(C)C)C(=O)N[C@@H](C)C(=O)N[C@H](C)C(=O)N(C)[C@@H](CC(C)C)C(=O)N(C)[C@@H](CC(C)C)C(=O)N(C)[C@@H](C(C)C)C(=O)N1C. The summed E-state index contributed by atoms with van der Waals surface area (Å²) < 4.78 is 5.29. The van der Waals surface area contributed by atoms with Gasteiger partial charge in [-0.25, -0.2) is 0 Å². The lowest BCUT2D eigenvalue weighted by atomic mass is 9.91. The van der Waals surface area contributed by atoms with E-state index in [2.05, 4.69) is 31.1 Å². The van der Waals surface area contributed by atoms with Crippen molar-refractivity contribution in [3.63, 3.8) is 0 Å². The monoisotopic (exact) mass is 1370 g/mol. The van der Waals surface area contributed by atoms with E-state index in [1.54, 1.807) is 54.7 Å². The molecule has 0 saturated carbocycles. The van der Waals surface area contributed by atoms with Crippen molar-refractivity contribution < 1.29 is 62.6 Å². The molecule has 0 spiro atoms. The minimum Gasteiger partial charge on any atom is -0.390 e. The van der Waals surface area contributed by atoms with Crippen LogP contribution < -0.4 is 21.3 Å². The summed E-state index contributed by atoms with van der Waals surface area (Å²) in [6.07, 6.45) is 3.99. The third-order valence-electron chi connectivity index (χ3n) is 19.5. The zero-order valence-electron chi connectivity index (χ0n) is 63.9. The van der Waals surface area contributed by atoms with Crippen molar-refractivity contribution in [2.45, 2.75) is 235 Å². The fraction of sp³-hybridized carbons (Fsp3) is 0.817. The fourth-order valence-corrected chi connectivity index (χ4v) is 13.1. The molecule has 5 N–H and O–H groups in total. The second-order valence-corrected chi connectivity index (χ2v) is 29.6. The van der Waals surface area contributed by atoms with Gasteiger partial charge in [-0.15, -0.1) is 0 Å². The van der Waals surface area contributed by atoms with Crippen LogP contribution in [0.25, 0.3) is 0 Å². The average molecular weight is 1370 g/mol. The third-order valence-corrected chi connectivity index (χ3v) is 19.5. The first-order valence-corrected chi connectivity index (χ1v) is 35.5. The second kappa shape index (κ2) is 40.7. The number of aliphatic hydroxyl groups is 1. The van der Waals surface area contributed by atoms with E-state index in [9.17, 15) is 29.1 Å². The Hall–Kier alpha value is -6.25. The predicted octanol–water partition coefficient (Wildman–Crippen LogP) is 3.29. The van der Waals surface area contributed by atoms with Crippen LogP contribution in [0.3, 0.4) is 0 Å². The van der Waals surface area contributed by atoms with Crippen molar-refractivity contribution in [3.05, 3.63) is 12.2 Å². The average Bonchev–Trinajstić information content (AvgIpc) is 0.808. The number of allylic oxidation sites excluding steroid dienone is 2. The molecule has 2 aliphatic heterocycles. The summed E-state index contributed by atoms with van der Waals surface area (Å²) in [5.41, 5.74) is 0. The molecule has 2 rings (SSSR count). The van der Waals surface area contributed by atoms with E-state index < -0.39 is 161 Å². The number of nitrogens with zero attached hydrogens (tertiary/aromatic N) is 9. The smallest absolute Gasteiger partial charge is 0.246 e. The number of carbonyl (C=O) groups is 11. The quantitative estimate of drug-likeness (QED) is 0.103. The summed E-state index contributed by atoms with van der Waals surface area (Å²) in [4.78, 5) is 177. The van der Waals surface area contributed by atoms with Crippen molar-refractivity contribution >= 4 is 65.0 Å². The molecule has 26 nitrogen and oxygen atoms in total. The molecule has 0 aromatic heterocycles. The molecular weight excluding hydrogens is 1240 g/mol. The number of piperazine rings is 1. The summed E-state index contributed by atoms with van der Waals surface area (Å²) in [5.74, 6) is -10.2. The van der Waals surface area contributed by atoms with Crippen LogP contribution in [0.4, 0.5) is 0 Å². The van der Waals surface area contributed by atoms with Crippen LogP contribution >= 0.6 is 0 Å². The summed E-state index contributed by atoms with van der Waals surface area (Å²) >= 11 is 0. The Kier molecular flexibility index (Phi) is 36.5. The number of carbonyl (C=O) groups excluding carboxylic acids is 11. The molecule has 2 fully saturated rings. The molecule has 97 heavy (non-hydrogen) atoms. The number of aliphatic hydroxyl groups excluding tert-OH is 1. The van der Waals surface area contributed by atoms with Crippen LogP contribution in [-0.4, -0.2) is 289 Å². The molecule has 26 heteroatoms. The number of rotatable bonds is 21. The maximum atomic E-state index is 15.3. The number of amides is 11. The van der Waals surface area contributed by atoms with Crippen molar-refractivity contribution in [1.82, 2.24) is 65.4 Å². The van der Waals surface area contributed by atoms with E-state index in [0.29, 0.717) is 25.9 Å². The van der Waals surface area contributed by atoms with Crippen LogP contribution in [0, 0.1) is 41.4 Å². The highest BCUT2D eigenvalue weighted by atomic mass is 16.5. The number of hydrogen-bond acceptors (Lipinski definition) is 15. The predicted molar refractivity (Wildman–Crippen MR) is 377 cm³/mol. The van der Waals surface area contributed by atoms with Crippen LogP contribution in [0.5, 0.6) is 0 Å². The van der Waals surface area contributed by atoms with Gasteiger partial charge < -0.3 is 70.3 Å². The first-order valence-electron chi connectivity index (χ1n) is 35.5. The molecule has 2 aliphatic rings. The first kappa shape index (κ1) is 86.8. The second-order valence-electron chi connectivity index (χ2n) is 29.6. The number of ether oxygens (including phenoxy) is 1. The van der Waals surface area contributed by atoms with Gasteiger partial charge in [-0.05, 0) is 121 Å². The highest BCUT2D eigenvalue weighted by molar-refractivity contribution is 6.00. The summed E-state index contributed by atoms with van der Waals surface area (Å²) in [6, 6.07) is -13.8. The Balaban J connectivity index is 3.01. The van der Waals surface area contributed by atoms with E-state index in [-0.39, 0.29) is 43.4 Å². The van der Waals surface area contributed by atoms with Gasteiger partial charge in [0.25, 0.3) is 0 Å². The van der Waals surface area contributed by atoms with Crippen molar-refractivity contribution in [1.29, 1.82) is 0 Å². The molecule has 556 valence electrons. The van der Waals surface area contributed by atoms with Gasteiger partial charge in [-0.3, -0.25) is 57.6 Å². The minimum atomic E-state index is -1.63. The molecule has 2 heterocycles. The molecule has 14 atom stereocenters. The van der Waals surface area contributed by atoms with Crippen LogP contribution in [-0.2, 0) is 57.5 Å². The zero-order valence-corrected chi connectivity index (χ0v) is 63.9. The van der Waals surface area contributed by atoms with Crippen LogP contribution in [0.15, 0.2) is 12.2 Å². The Morgan fingerprint density at radius 2 is 0.938 bits per heavy atom. The summed E-state index contributed by atoms with van der Waals surface area (Å²) in [7, 11) is 11.8. The molecule has 0 unspecified atom stereocenters. The van der Waals surface area contributed by atoms with E-state index >= 15 is 28.8 Å². The molecular formula is C71H129N13O13. The van der Waals surface area contributed by atoms with E-state index in [1.165, 1.54) is 99.5 Å². The van der Waals surface area contributed by atoms with Crippen molar-refractivity contribution in [2.24, 2.45) is 41.4 Å². The van der Waals surface area contributed by atoms with Gasteiger partial charge in [-0.2, -0.15) is 0 Å². The highest BCUT2D eigenvalue weighted by Crippen LogP contribution is 2.27. The van der Waals surface area contributed by atoms with E-state index in [4.69, 9.17) is 4.74 Å². The molecule has 11 amide bonds. The van der Waals surface area contributed by atoms with Gasteiger partial charge in [0, 0.05) is 89.2 Å². The first-order chi connectivity index (χ1) is 45.1. The molecule has 0 bridgehead atoms. The van der Waals surface area contributed by atoms with Gasteiger partial charge in [-0.1, -0.05) is 102 Å². The summed E-state index contributed by atoms with van der Waals surface area (Å²) in [5, 5.41) is 23.5. The lowest BCUT2D eigenvalue weighted by Crippen LogP contribution is -2.64. The maximum absolute atomic E-state index is 15.3. The fourth-order valence-electron chi connectivity index (χ4n) is 13.1. The Morgan fingerprint density at radius 1 is 0.485 bits per heavy atom. The van der Waals surface area contributed by atoms with Gasteiger partial charge in [0.15, 0.2) is 0 Å². The molecule has 2 saturated heterocycles. The van der Waals surface area contributed by atoms with Crippen molar-refractivity contribution in [2.75, 3.05) is 102 Å². The standard InChI is InChI=1S/C71H129N13O13/c1-26-28-30-48(14)60(85)59-64(89)74-52(27-2)67(92)76(18)51(17)66(91)81(23)58(47(13)31-29-32-83-33-35-84(36-34-83)37-38-97-25)63(88)75-56(45(9)10)70(95)77(19)53(39-42(3)4)62(87)72-49(15)61(86)73-50(16)65(90)78(20)54(40-43(5)6)68(93)79(21)55(41-44(7)8)69(94)80(22)57(46(11)12)71(96)82(59)24/h26,28,42-60,85H,27,29-41H2,1-25H3,(H,72,87)(H,73,86)(H,74,89)(H,75,88)/b28-26+/t47-,48-,49+,50-,51-,52+,53+,54+,55+,56+,57+,58+,59+,60-/m1/s1. The Morgan fingerprint density at radius 3 is 1.42 bits per heavy atom. The Labute approximate surface area is 581 Å². The van der Waals surface area contributed by atoms with Gasteiger partial charge >= 0.3 is 0 Å². The topological polar surface area (TPSA) is 295 Å². The number of nitrogens with one attached hydrogen (secondary N) is 4. The zero-order chi connectivity index (χ0) is 74.4. The number of methoxy groups -OCH3 is 1. The van der Waals surface area contributed by atoms with Gasteiger partial charge in [0.05, 0.1) is 12.7 Å². The van der Waals surface area contributed by atoms with Crippen LogP contribution in [0.2, 0.25) is 0 Å². The van der Waals surface area contributed by atoms with Gasteiger partial charge in [0.1, 0.15) is 66.5 Å². The number of hydrogen-bond donors (Lipinski definition) is 5. The Bertz CT molecular complexity index is 2630. The normalized spacial score (nSPS) is 27.5. The molecule has 0 radical (unpaired) electrons. The lowest BCUT2D eigenvalue weighted by Gasteiger charge is -2.41. The van der Waals surface area contributed by atoms with Crippen LogP contribution in [0.1, 0.15) is 163 Å². The largest absolute Gasteiger partial charge is 0.390 e. The number of likely N-dealkylation sites (N-methyl/N-ethyl adjacent to an activating group) is 7. The molecule has 0 aromatic rings. The molecule has 0 aromatic carbocycles. The third kappa shape index (κ3) is 24.6. The minimum absolute atomic E-state index is 0.00760. The van der Waals surface area contributed by atoms with Crippen molar-refractivity contribution in [3.8, 4) is 0 Å².